The first kappa shape index (κ1) is 13.3. The van der Waals surface area contributed by atoms with Crippen molar-refractivity contribution in [2.24, 2.45) is 5.41 Å². The van der Waals surface area contributed by atoms with E-state index in [4.69, 9.17) is 0 Å². The summed E-state index contributed by atoms with van der Waals surface area (Å²) in [5.74, 6) is 0.286. The first-order chi connectivity index (χ1) is 8.08. The summed E-state index contributed by atoms with van der Waals surface area (Å²) >= 11 is 0. The van der Waals surface area contributed by atoms with E-state index in [1.807, 2.05) is 0 Å². The van der Waals surface area contributed by atoms with Crippen LogP contribution in [0.2, 0.25) is 0 Å². The topological polar surface area (TPSA) is 57.6 Å². The summed E-state index contributed by atoms with van der Waals surface area (Å²) in [6, 6.07) is 0. The van der Waals surface area contributed by atoms with Gasteiger partial charge in [-0.1, -0.05) is 19.3 Å². The van der Waals surface area contributed by atoms with Crippen LogP contribution in [0.25, 0.3) is 0 Å². The summed E-state index contributed by atoms with van der Waals surface area (Å²) in [5, 5.41) is 9.62. The van der Waals surface area contributed by atoms with Crippen LogP contribution in [-0.2, 0) is 10.0 Å². The van der Waals surface area contributed by atoms with Crippen LogP contribution in [0.15, 0.2) is 0 Å². The number of sulfonamides is 1. The molecule has 1 aliphatic heterocycles. The number of aliphatic hydroxyl groups is 1. The summed E-state index contributed by atoms with van der Waals surface area (Å²) in [6.45, 7) is 1.30. The first-order valence-electron chi connectivity index (χ1n) is 6.67. The van der Waals surface area contributed by atoms with Gasteiger partial charge in [0.2, 0.25) is 10.0 Å². The van der Waals surface area contributed by atoms with E-state index >= 15 is 0 Å². The molecule has 4 nitrogen and oxygen atoms in total. The lowest BCUT2D eigenvalue weighted by Gasteiger charge is -2.40. The van der Waals surface area contributed by atoms with E-state index in [0.717, 1.165) is 38.5 Å². The van der Waals surface area contributed by atoms with Gasteiger partial charge in [0.15, 0.2) is 0 Å². The fourth-order valence-electron chi connectivity index (χ4n) is 3.06. The smallest absolute Gasteiger partial charge is 0.214 e. The van der Waals surface area contributed by atoms with Crippen molar-refractivity contribution in [2.75, 3.05) is 25.4 Å². The van der Waals surface area contributed by atoms with Crippen molar-refractivity contribution in [2.45, 2.75) is 44.9 Å². The Kier molecular flexibility index (Phi) is 4.10. The molecule has 1 saturated carbocycles. The number of rotatable bonds is 3. The second-order valence-corrected chi connectivity index (χ2v) is 7.66. The van der Waals surface area contributed by atoms with E-state index in [0.29, 0.717) is 13.1 Å². The molecule has 2 rings (SSSR count). The standard InChI is InChI=1S/C12H23NO3S/c14-11-12(6-2-1-3-7-12)10-13-8-4-5-9-17(13,15)16/h14H,1-11H2. The van der Waals surface area contributed by atoms with Gasteiger partial charge in [-0.2, -0.15) is 0 Å². The average Bonchev–Trinajstić information content (AvgIpc) is 2.33. The van der Waals surface area contributed by atoms with E-state index in [1.54, 1.807) is 4.31 Å². The number of nitrogens with zero attached hydrogens (tertiary/aromatic N) is 1. The zero-order valence-electron chi connectivity index (χ0n) is 10.4. The number of hydrogen-bond acceptors (Lipinski definition) is 3. The van der Waals surface area contributed by atoms with Crippen molar-refractivity contribution < 1.29 is 13.5 Å². The van der Waals surface area contributed by atoms with Gasteiger partial charge in [0.05, 0.1) is 5.75 Å². The van der Waals surface area contributed by atoms with Crippen molar-refractivity contribution in [1.29, 1.82) is 0 Å². The van der Waals surface area contributed by atoms with Gasteiger partial charge in [-0.15, -0.1) is 0 Å². The third-order valence-electron chi connectivity index (χ3n) is 4.21. The molecule has 2 fully saturated rings. The molecule has 1 N–H and O–H groups in total. The molecule has 0 atom stereocenters. The fourth-order valence-corrected chi connectivity index (χ4v) is 4.77. The molecule has 0 aromatic heterocycles. The van der Waals surface area contributed by atoms with Gasteiger partial charge in [0.1, 0.15) is 0 Å². The minimum atomic E-state index is -3.05. The predicted molar refractivity (Wildman–Crippen MR) is 67.2 cm³/mol. The highest BCUT2D eigenvalue weighted by Crippen LogP contribution is 2.37. The van der Waals surface area contributed by atoms with Gasteiger partial charge >= 0.3 is 0 Å². The molecule has 5 heteroatoms. The lowest BCUT2D eigenvalue weighted by atomic mass is 9.74. The van der Waals surface area contributed by atoms with Crippen molar-refractivity contribution in [3.8, 4) is 0 Å². The van der Waals surface area contributed by atoms with Crippen molar-refractivity contribution in [3.63, 3.8) is 0 Å². The molecule has 0 radical (unpaired) electrons. The highest BCUT2D eigenvalue weighted by atomic mass is 32.2. The van der Waals surface area contributed by atoms with Crippen LogP contribution in [0.5, 0.6) is 0 Å². The summed E-state index contributed by atoms with van der Waals surface area (Å²) in [6.07, 6.45) is 7.13. The van der Waals surface area contributed by atoms with Crippen LogP contribution in [-0.4, -0.2) is 43.3 Å². The van der Waals surface area contributed by atoms with Gasteiger partial charge in [0, 0.05) is 25.1 Å². The molecule has 0 spiro atoms. The SMILES string of the molecule is O=S1(=O)CCCCN1CC1(CO)CCCCC1. The molecular weight excluding hydrogens is 238 g/mol. The first-order valence-corrected chi connectivity index (χ1v) is 8.28. The molecule has 0 bridgehead atoms. The van der Waals surface area contributed by atoms with Crippen LogP contribution in [0.4, 0.5) is 0 Å². The predicted octanol–water partition coefficient (Wildman–Crippen LogP) is 1.35. The van der Waals surface area contributed by atoms with Crippen LogP contribution in [0.1, 0.15) is 44.9 Å². The molecular formula is C12H23NO3S. The van der Waals surface area contributed by atoms with Crippen LogP contribution in [0.3, 0.4) is 0 Å². The highest BCUT2D eigenvalue weighted by molar-refractivity contribution is 7.89. The van der Waals surface area contributed by atoms with Gasteiger partial charge in [-0.25, -0.2) is 12.7 Å². The molecule has 100 valence electrons. The molecule has 1 aliphatic carbocycles. The summed E-state index contributed by atoms with van der Waals surface area (Å²) < 4.78 is 25.5. The van der Waals surface area contributed by atoms with Crippen molar-refractivity contribution in [1.82, 2.24) is 4.31 Å². The maximum Gasteiger partial charge on any atom is 0.214 e. The second-order valence-electron chi connectivity index (χ2n) is 5.58. The van der Waals surface area contributed by atoms with Gasteiger partial charge in [0.25, 0.3) is 0 Å². The molecule has 1 heterocycles. The highest BCUT2D eigenvalue weighted by Gasteiger charge is 2.37. The Hall–Kier alpha value is -0.130. The Labute approximate surface area is 104 Å². The third-order valence-corrected chi connectivity index (χ3v) is 6.12. The van der Waals surface area contributed by atoms with Crippen LogP contribution >= 0.6 is 0 Å². The van der Waals surface area contributed by atoms with Gasteiger partial charge in [-0.3, -0.25) is 0 Å². The Bertz CT molecular complexity index is 347. The average molecular weight is 261 g/mol. The van der Waals surface area contributed by atoms with Crippen molar-refractivity contribution in [3.05, 3.63) is 0 Å². The van der Waals surface area contributed by atoms with E-state index in [9.17, 15) is 13.5 Å². The Morgan fingerprint density at radius 3 is 2.35 bits per heavy atom. The summed E-state index contributed by atoms with van der Waals surface area (Å²) in [7, 11) is -3.05. The van der Waals surface area contributed by atoms with Gasteiger partial charge in [-0.05, 0) is 25.7 Å². The normalized spacial score (nSPS) is 29.0. The quantitative estimate of drug-likeness (QED) is 0.834. The lowest BCUT2D eigenvalue weighted by molar-refractivity contribution is 0.0613. The number of aliphatic hydroxyl groups excluding tert-OH is 1. The van der Waals surface area contributed by atoms with Gasteiger partial charge < -0.3 is 5.11 Å². The number of hydrogen-bond donors (Lipinski definition) is 1. The zero-order valence-corrected chi connectivity index (χ0v) is 11.2. The fraction of sp³-hybridized carbons (Fsp3) is 1.00. The van der Waals surface area contributed by atoms with E-state index in [1.165, 1.54) is 6.42 Å². The largest absolute Gasteiger partial charge is 0.396 e. The minimum absolute atomic E-state index is 0.124. The Morgan fingerprint density at radius 1 is 1.06 bits per heavy atom. The zero-order chi connectivity index (χ0) is 12.4. The molecule has 0 amide bonds. The summed E-state index contributed by atoms with van der Waals surface area (Å²) in [4.78, 5) is 0. The minimum Gasteiger partial charge on any atom is -0.396 e. The second kappa shape index (κ2) is 5.24. The lowest BCUT2D eigenvalue weighted by Crippen LogP contribution is -2.47. The maximum absolute atomic E-state index is 12.0. The van der Waals surface area contributed by atoms with Crippen molar-refractivity contribution >= 4 is 10.0 Å². The van der Waals surface area contributed by atoms with E-state index in [2.05, 4.69) is 0 Å². The van der Waals surface area contributed by atoms with E-state index in [-0.39, 0.29) is 17.8 Å². The van der Waals surface area contributed by atoms with Crippen LogP contribution in [0, 0.1) is 5.41 Å². The molecule has 0 aromatic carbocycles. The summed E-state index contributed by atoms with van der Waals surface area (Å²) in [5.41, 5.74) is -0.164. The molecule has 1 saturated heterocycles. The Balaban J connectivity index is 2.07. The Morgan fingerprint density at radius 2 is 1.76 bits per heavy atom. The molecule has 17 heavy (non-hydrogen) atoms. The maximum atomic E-state index is 12.0. The molecule has 0 unspecified atom stereocenters. The molecule has 2 aliphatic rings. The van der Waals surface area contributed by atoms with Crippen LogP contribution < -0.4 is 0 Å². The third kappa shape index (κ3) is 3.01. The molecule has 0 aromatic rings. The van der Waals surface area contributed by atoms with E-state index < -0.39 is 10.0 Å². The monoisotopic (exact) mass is 261 g/mol.